The van der Waals surface area contributed by atoms with Gasteiger partial charge in [0.25, 0.3) is 5.56 Å². The highest BCUT2D eigenvalue weighted by Gasteiger charge is 2.28. The van der Waals surface area contributed by atoms with Gasteiger partial charge < -0.3 is 9.64 Å². The maximum absolute atomic E-state index is 13.2. The highest BCUT2D eigenvalue weighted by atomic mass is 16.5. The van der Waals surface area contributed by atoms with E-state index in [2.05, 4.69) is 9.97 Å². The molecular formula is C22H22N4O3. The lowest BCUT2D eigenvalue weighted by Gasteiger charge is -2.27. The molecule has 1 aliphatic heterocycles. The number of fused-ring (bicyclic) bond motifs is 2. The maximum atomic E-state index is 13.2. The van der Waals surface area contributed by atoms with Gasteiger partial charge in [0.05, 0.1) is 24.3 Å². The van der Waals surface area contributed by atoms with Crippen molar-refractivity contribution in [1.82, 2.24) is 15.0 Å². The van der Waals surface area contributed by atoms with Crippen molar-refractivity contribution in [1.29, 1.82) is 0 Å². The predicted molar refractivity (Wildman–Crippen MR) is 111 cm³/mol. The van der Waals surface area contributed by atoms with Crippen molar-refractivity contribution in [3.63, 3.8) is 0 Å². The second kappa shape index (κ2) is 7.08. The van der Waals surface area contributed by atoms with Crippen LogP contribution >= 0.6 is 0 Å². The van der Waals surface area contributed by atoms with Crippen LogP contribution in [0.4, 0.5) is 5.95 Å². The number of H-pyrrole nitrogens is 1. The summed E-state index contributed by atoms with van der Waals surface area (Å²) in [6.45, 7) is 4.53. The molecule has 0 radical (unpaired) electrons. The number of aryl methyl sites for hydroxylation is 2. The van der Waals surface area contributed by atoms with E-state index in [0.717, 1.165) is 29.7 Å². The molecule has 0 atom stereocenters. The van der Waals surface area contributed by atoms with Crippen molar-refractivity contribution in [2.24, 2.45) is 0 Å². The van der Waals surface area contributed by atoms with Crippen LogP contribution < -0.4 is 10.5 Å². The molecule has 2 aromatic heterocycles. The molecule has 7 nitrogen and oxygen atoms in total. The number of nitrogens with one attached hydrogen (secondary N) is 1. The maximum Gasteiger partial charge on any atom is 0.262 e. The number of aromatic amines is 1. The monoisotopic (exact) mass is 390 g/mol. The number of hydrogen-bond donors (Lipinski definition) is 1. The Hall–Kier alpha value is -3.06. The van der Waals surface area contributed by atoms with Crippen LogP contribution in [0.15, 0.2) is 29.1 Å². The average molecular weight is 390 g/mol. The number of carbonyl (C=O) groups excluding carboxylic acids is 1. The molecule has 0 unspecified atom stereocenters. The van der Waals surface area contributed by atoms with E-state index >= 15 is 0 Å². The molecule has 0 amide bonds. The first kappa shape index (κ1) is 18.0. The fraction of sp³-hybridized carbons (Fsp3) is 0.364. The van der Waals surface area contributed by atoms with E-state index in [-0.39, 0.29) is 11.3 Å². The second-order valence-electron chi connectivity index (χ2n) is 7.59. The van der Waals surface area contributed by atoms with E-state index in [1.165, 1.54) is 0 Å². The molecule has 0 spiro atoms. The van der Waals surface area contributed by atoms with Crippen LogP contribution in [0.2, 0.25) is 0 Å². The third-order valence-electron chi connectivity index (χ3n) is 5.74. The Morgan fingerprint density at radius 2 is 1.83 bits per heavy atom. The number of Topliss-reactive ketones (excluding diaryl/α,β-unsaturated/α-hetero) is 1. The normalized spacial score (nSPS) is 16.9. The molecular weight excluding hydrogens is 368 g/mol. The van der Waals surface area contributed by atoms with Crippen LogP contribution in [0.5, 0.6) is 0 Å². The number of nitrogens with zero attached hydrogens (tertiary/aromatic N) is 3. The SMILES string of the molecule is Cc1ccccc1-c1c2c(nc3nc(N4CCOCC4)[nH]c(=O)c13)CCCC2=O. The van der Waals surface area contributed by atoms with Gasteiger partial charge in [-0.25, -0.2) is 4.98 Å². The first-order chi connectivity index (χ1) is 14.1. The summed E-state index contributed by atoms with van der Waals surface area (Å²) in [4.78, 5) is 40.4. The van der Waals surface area contributed by atoms with Crippen molar-refractivity contribution in [2.45, 2.75) is 26.2 Å². The zero-order valence-electron chi connectivity index (χ0n) is 16.3. The average Bonchev–Trinajstić information content (AvgIpc) is 2.73. The van der Waals surface area contributed by atoms with Gasteiger partial charge in [0.1, 0.15) is 0 Å². The molecule has 7 heteroatoms. The van der Waals surface area contributed by atoms with E-state index in [4.69, 9.17) is 9.72 Å². The minimum atomic E-state index is -0.261. The molecule has 2 aliphatic rings. The number of benzene rings is 1. The Morgan fingerprint density at radius 3 is 2.62 bits per heavy atom. The van der Waals surface area contributed by atoms with Crippen molar-refractivity contribution in [2.75, 3.05) is 31.2 Å². The number of rotatable bonds is 2. The molecule has 3 aromatic rings. The van der Waals surface area contributed by atoms with Gasteiger partial charge in [0, 0.05) is 30.6 Å². The summed E-state index contributed by atoms with van der Waals surface area (Å²) in [7, 11) is 0. The molecule has 148 valence electrons. The Bertz CT molecular complexity index is 1180. The van der Waals surface area contributed by atoms with E-state index in [1.807, 2.05) is 36.1 Å². The number of aromatic nitrogens is 3. The van der Waals surface area contributed by atoms with Crippen LogP contribution in [-0.4, -0.2) is 47.0 Å². The minimum Gasteiger partial charge on any atom is -0.378 e. The molecule has 5 rings (SSSR count). The van der Waals surface area contributed by atoms with Crippen molar-refractivity contribution < 1.29 is 9.53 Å². The third kappa shape index (κ3) is 3.02. The number of anilines is 1. The lowest BCUT2D eigenvalue weighted by Crippen LogP contribution is -2.38. The number of pyridine rings is 1. The molecule has 1 aromatic carbocycles. The number of ketones is 1. The molecule has 1 N–H and O–H groups in total. The summed E-state index contributed by atoms with van der Waals surface area (Å²) in [5.41, 5.74) is 4.05. The van der Waals surface area contributed by atoms with Crippen LogP contribution in [0.25, 0.3) is 22.2 Å². The van der Waals surface area contributed by atoms with Crippen LogP contribution in [0.1, 0.15) is 34.5 Å². The van der Waals surface area contributed by atoms with E-state index in [1.54, 1.807) is 0 Å². The van der Waals surface area contributed by atoms with Gasteiger partial charge in [-0.2, -0.15) is 4.98 Å². The number of carbonyl (C=O) groups is 1. The number of ether oxygens (including phenoxy) is 1. The number of morpholine rings is 1. The Labute approximate surface area is 167 Å². The largest absolute Gasteiger partial charge is 0.378 e. The molecule has 0 bridgehead atoms. The van der Waals surface area contributed by atoms with E-state index in [9.17, 15) is 9.59 Å². The quantitative estimate of drug-likeness (QED) is 0.724. The van der Waals surface area contributed by atoms with E-state index in [0.29, 0.717) is 60.8 Å². The highest BCUT2D eigenvalue weighted by molar-refractivity contribution is 6.10. The standard InChI is InChI=1S/C22H22N4O3/c1-13-5-2-3-6-14(13)17-18-15(7-4-8-16(18)27)23-20-19(17)21(28)25-22(24-20)26-9-11-29-12-10-26/h2-3,5-6H,4,7-12H2,1H3,(H,23,24,25,28). The van der Waals surface area contributed by atoms with Gasteiger partial charge in [0.2, 0.25) is 5.95 Å². The van der Waals surface area contributed by atoms with Crippen LogP contribution in [0.3, 0.4) is 0 Å². The lowest BCUT2D eigenvalue weighted by molar-refractivity contribution is 0.0972. The van der Waals surface area contributed by atoms with Crippen LogP contribution in [0, 0.1) is 6.92 Å². The van der Waals surface area contributed by atoms with Gasteiger partial charge >= 0.3 is 0 Å². The summed E-state index contributed by atoms with van der Waals surface area (Å²) < 4.78 is 5.40. The molecule has 29 heavy (non-hydrogen) atoms. The third-order valence-corrected chi connectivity index (χ3v) is 5.74. The summed E-state index contributed by atoms with van der Waals surface area (Å²) >= 11 is 0. The first-order valence-corrected chi connectivity index (χ1v) is 10.0. The summed E-state index contributed by atoms with van der Waals surface area (Å²) in [5.74, 6) is 0.562. The van der Waals surface area contributed by atoms with Crippen molar-refractivity contribution in [3.05, 3.63) is 51.4 Å². The Kier molecular flexibility index (Phi) is 4.39. The molecule has 0 saturated carbocycles. The zero-order valence-corrected chi connectivity index (χ0v) is 16.3. The van der Waals surface area contributed by atoms with Gasteiger partial charge in [-0.05, 0) is 30.9 Å². The molecule has 1 fully saturated rings. The molecule has 1 aliphatic carbocycles. The molecule has 1 saturated heterocycles. The highest BCUT2D eigenvalue weighted by Crippen LogP contribution is 2.36. The Balaban J connectivity index is 1.83. The minimum absolute atomic E-state index is 0.0514. The van der Waals surface area contributed by atoms with Gasteiger partial charge in [-0.3, -0.25) is 14.6 Å². The fourth-order valence-corrected chi connectivity index (χ4v) is 4.28. The van der Waals surface area contributed by atoms with E-state index < -0.39 is 0 Å². The van der Waals surface area contributed by atoms with Crippen molar-refractivity contribution >= 4 is 22.8 Å². The van der Waals surface area contributed by atoms with Gasteiger partial charge in [-0.1, -0.05) is 24.3 Å². The zero-order chi connectivity index (χ0) is 20.0. The first-order valence-electron chi connectivity index (χ1n) is 10.0. The summed E-state index contributed by atoms with van der Waals surface area (Å²) in [5, 5.41) is 0.394. The predicted octanol–water partition coefficient (Wildman–Crippen LogP) is 2.65. The second-order valence-corrected chi connectivity index (χ2v) is 7.59. The Morgan fingerprint density at radius 1 is 1.03 bits per heavy atom. The van der Waals surface area contributed by atoms with Crippen molar-refractivity contribution in [3.8, 4) is 11.1 Å². The van der Waals surface area contributed by atoms with Gasteiger partial charge in [-0.15, -0.1) is 0 Å². The smallest absolute Gasteiger partial charge is 0.262 e. The fourth-order valence-electron chi connectivity index (χ4n) is 4.28. The molecule has 3 heterocycles. The van der Waals surface area contributed by atoms with Gasteiger partial charge in [0.15, 0.2) is 11.4 Å². The summed E-state index contributed by atoms with van der Waals surface area (Å²) in [6.07, 6.45) is 1.98. The topological polar surface area (TPSA) is 88.2 Å². The number of hydrogen-bond acceptors (Lipinski definition) is 6. The summed E-state index contributed by atoms with van der Waals surface area (Å²) in [6, 6.07) is 7.83. The van der Waals surface area contributed by atoms with Crippen LogP contribution in [-0.2, 0) is 11.2 Å². The lowest BCUT2D eigenvalue weighted by atomic mass is 9.85.